The Labute approximate surface area is 125 Å². The molecule has 0 atom stereocenters. The molecule has 1 heterocycles. The van der Waals surface area contributed by atoms with E-state index in [4.69, 9.17) is 16.3 Å². The first kappa shape index (κ1) is 15.3. The van der Waals surface area contributed by atoms with Crippen molar-refractivity contribution in [2.24, 2.45) is 0 Å². The summed E-state index contributed by atoms with van der Waals surface area (Å²) >= 11 is 6.13. The summed E-state index contributed by atoms with van der Waals surface area (Å²) in [4.78, 5) is 13.6. The zero-order chi connectivity index (χ0) is 14.4. The van der Waals surface area contributed by atoms with E-state index in [1.54, 1.807) is 7.11 Å². The lowest BCUT2D eigenvalue weighted by Gasteiger charge is -2.32. The molecule has 4 nitrogen and oxygen atoms in total. The van der Waals surface area contributed by atoms with Gasteiger partial charge in [-0.2, -0.15) is 0 Å². The van der Waals surface area contributed by atoms with Crippen LogP contribution >= 0.6 is 11.6 Å². The van der Waals surface area contributed by atoms with Crippen molar-refractivity contribution in [2.45, 2.75) is 25.4 Å². The SMILES string of the molecule is COCC(=O)N1CCC(NCc2ccccc2Cl)CC1. The Morgan fingerprint density at radius 1 is 1.40 bits per heavy atom. The van der Waals surface area contributed by atoms with Gasteiger partial charge in [0.2, 0.25) is 5.91 Å². The molecule has 5 heteroatoms. The quantitative estimate of drug-likeness (QED) is 0.904. The first-order chi connectivity index (χ1) is 9.70. The molecule has 0 aliphatic carbocycles. The van der Waals surface area contributed by atoms with Crippen LogP contribution in [0, 0.1) is 0 Å². The number of hydrogen-bond acceptors (Lipinski definition) is 3. The van der Waals surface area contributed by atoms with Crippen molar-refractivity contribution in [2.75, 3.05) is 26.8 Å². The Hall–Kier alpha value is -1.10. The van der Waals surface area contributed by atoms with E-state index in [0.717, 1.165) is 43.1 Å². The molecular formula is C15H21ClN2O2. The minimum atomic E-state index is 0.0806. The van der Waals surface area contributed by atoms with Gasteiger partial charge in [-0.3, -0.25) is 4.79 Å². The summed E-state index contributed by atoms with van der Waals surface area (Å²) in [5.74, 6) is 0.0806. The molecule has 20 heavy (non-hydrogen) atoms. The Balaban J connectivity index is 1.75. The zero-order valence-electron chi connectivity index (χ0n) is 11.8. The van der Waals surface area contributed by atoms with Crippen molar-refractivity contribution in [1.82, 2.24) is 10.2 Å². The van der Waals surface area contributed by atoms with Gasteiger partial charge in [0.1, 0.15) is 6.61 Å². The van der Waals surface area contributed by atoms with E-state index >= 15 is 0 Å². The van der Waals surface area contributed by atoms with E-state index in [2.05, 4.69) is 5.32 Å². The highest BCUT2D eigenvalue weighted by Crippen LogP contribution is 2.16. The van der Waals surface area contributed by atoms with E-state index in [0.29, 0.717) is 6.04 Å². The largest absolute Gasteiger partial charge is 0.375 e. The number of halogens is 1. The van der Waals surface area contributed by atoms with Crippen molar-refractivity contribution in [1.29, 1.82) is 0 Å². The molecule has 1 aliphatic heterocycles. The molecular weight excluding hydrogens is 276 g/mol. The van der Waals surface area contributed by atoms with Gasteiger partial charge in [-0.05, 0) is 24.5 Å². The molecule has 0 unspecified atom stereocenters. The average molecular weight is 297 g/mol. The van der Waals surface area contributed by atoms with E-state index in [9.17, 15) is 4.79 Å². The van der Waals surface area contributed by atoms with Gasteiger partial charge < -0.3 is 15.0 Å². The minimum absolute atomic E-state index is 0.0806. The summed E-state index contributed by atoms with van der Waals surface area (Å²) < 4.78 is 4.88. The third-order valence-electron chi connectivity index (χ3n) is 3.65. The van der Waals surface area contributed by atoms with E-state index in [1.807, 2.05) is 29.2 Å². The van der Waals surface area contributed by atoms with Crippen LogP contribution in [-0.2, 0) is 16.1 Å². The van der Waals surface area contributed by atoms with E-state index < -0.39 is 0 Å². The van der Waals surface area contributed by atoms with Crippen molar-refractivity contribution in [3.8, 4) is 0 Å². The van der Waals surface area contributed by atoms with E-state index in [-0.39, 0.29) is 12.5 Å². The molecule has 0 saturated carbocycles. The number of benzene rings is 1. The summed E-state index contributed by atoms with van der Waals surface area (Å²) in [5.41, 5.74) is 1.12. The van der Waals surface area contributed by atoms with Gasteiger partial charge in [0.15, 0.2) is 0 Å². The lowest BCUT2D eigenvalue weighted by Crippen LogP contribution is -2.45. The molecule has 1 N–H and O–H groups in total. The van der Waals surface area contributed by atoms with Gasteiger partial charge in [-0.25, -0.2) is 0 Å². The summed E-state index contributed by atoms with van der Waals surface area (Å²) in [6.07, 6.45) is 1.94. The number of methoxy groups -OCH3 is 1. The van der Waals surface area contributed by atoms with Gasteiger partial charge in [-0.15, -0.1) is 0 Å². The molecule has 1 aliphatic rings. The van der Waals surface area contributed by atoms with Crippen molar-refractivity contribution in [3.63, 3.8) is 0 Å². The van der Waals surface area contributed by atoms with Crippen LogP contribution in [0.1, 0.15) is 18.4 Å². The van der Waals surface area contributed by atoms with Crippen LogP contribution in [0.3, 0.4) is 0 Å². The lowest BCUT2D eigenvalue weighted by molar-refractivity contribution is -0.136. The third kappa shape index (κ3) is 4.20. The second-order valence-corrected chi connectivity index (χ2v) is 5.47. The predicted molar refractivity (Wildman–Crippen MR) is 79.8 cm³/mol. The molecule has 1 fully saturated rings. The number of piperidine rings is 1. The van der Waals surface area contributed by atoms with Gasteiger partial charge >= 0.3 is 0 Å². The number of carbonyl (C=O) groups excluding carboxylic acids is 1. The fourth-order valence-corrected chi connectivity index (χ4v) is 2.65. The number of ether oxygens (including phenoxy) is 1. The highest BCUT2D eigenvalue weighted by atomic mass is 35.5. The molecule has 110 valence electrons. The van der Waals surface area contributed by atoms with Crippen LogP contribution in [0.25, 0.3) is 0 Å². The van der Waals surface area contributed by atoms with Gasteiger partial charge in [0.05, 0.1) is 0 Å². The van der Waals surface area contributed by atoms with Crippen LogP contribution < -0.4 is 5.32 Å². The number of hydrogen-bond donors (Lipinski definition) is 1. The normalized spacial score (nSPS) is 16.4. The van der Waals surface area contributed by atoms with Crippen LogP contribution in [-0.4, -0.2) is 43.7 Å². The Bertz CT molecular complexity index is 445. The molecule has 0 spiro atoms. The highest BCUT2D eigenvalue weighted by molar-refractivity contribution is 6.31. The van der Waals surface area contributed by atoms with Gasteiger partial charge in [-0.1, -0.05) is 29.8 Å². The first-order valence-corrected chi connectivity index (χ1v) is 7.32. The summed E-state index contributed by atoms with van der Waals surface area (Å²) in [6, 6.07) is 8.32. The number of rotatable bonds is 5. The van der Waals surface area contributed by atoms with Crippen LogP contribution in [0.2, 0.25) is 5.02 Å². The first-order valence-electron chi connectivity index (χ1n) is 6.94. The third-order valence-corrected chi connectivity index (χ3v) is 4.02. The monoisotopic (exact) mass is 296 g/mol. The van der Waals surface area contributed by atoms with Crippen molar-refractivity contribution >= 4 is 17.5 Å². The number of nitrogens with one attached hydrogen (secondary N) is 1. The molecule has 1 aromatic rings. The van der Waals surface area contributed by atoms with Gasteiger partial charge in [0.25, 0.3) is 0 Å². The predicted octanol–water partition coefficient (Wildman–Crippen LogP) is 2.07. The number of amides is 1. The molecule has 2 rings (SSSR count). The smallest absolute Gasteiger partial charge is 0.248 e. The second kappa shape index (κ2) is 7.62. The maximum absolute atomic E-state index is 11.7. The van der Waals surface area contributed by atoms with Crippen LogP contribution in [0.4, 0.5) is 0 Å². The fourth-order valence-electron chi connectivity index (χ4n) is 2.44. The highest BCUT2D eigenvalue weighted by Gasteiger charge is 2.22. The summed E-state index contributed by atoms with van der Waals surface area (Å²) in [6.45, 7) is 2.54. The molecule has 0 aromatic heterocycles. The summed E-state index contributed by atoms with van der Waals surface area (Å²) in [7, 11) is 1.55. The van der Waals surface area contributed by atoms with Crippen LogP contribution in [0.15, 0.2) is 24.3 Å². The molecule has 0 radical (unpaired) electrons. The average Bonchev–Trinajstić information content (AvgIpc) is 2.47. The minimum Gasteiger partial charge on any atom is -0.375 e. The Morgan fingerprint density at radius 3 is 2.75 bits per heavy atom. The molecule has 1 aromatic carbocycles. The molecule has 1 saturated heterocycles. The maximum Gasteiger partial charge on any atom is 0.248 e. The lowest BCUT2D eigenvalue weighted by atomic mass is 10.0. The second-order valence-electron chi connectivity index (χ2n) is 5.06. The Morgan fingerprint density at radius 2 is 2.10 bits per heavy atom. The van der Waals surface area contributed by atoms with Crippen molar-refractivity contribution < 1.29 is 9.53 Å². The molecule has 0 bridgehead atoms. The van der Waals surface area contributed by atoms with Gasteiger partial charge in [0, 0.05) is 37.8 Å². The van der Waals surface area contributed by atoms with Crippen molar-refractivity contribution in [3.05, 3.63) is 34.9 Å². The zero-order valence-corrected chi connectivity index (χ0v) is 12.5. The fraction of sp³-hybridized carbons (Fsp3) is 0.533. The topological polar surface area (TPSA) is 41.6 Å². The number of likely N-dealkylation sites (tertiary alicyclic amines) is 1. The van der Waals surface area contributed by atoms with Crippen LogP contribution in [0.5, 0.6) is 0 Å². The number of carbonyl (C=O) groups is 1. The Kier molecular flexibility index (Phi) is 5.83. The number of nitrogens with zero attached hydrogens (tertiary/aromatic N) is 1. The standard InChI is InChI=1S/C15H21ClN2O2/c1-20-11-15(19)18-8-6-13(7-9-18)17-10-12-4-2-3-5-14(12)16/h2-5,13,17H,6-11H2,1H3. The molecule has 1 amide bonds. The van der Waals surface area contributed by atoms with E-state index in [1.165, 1.54) is 0 Å². The maximum atomic E-state index is 11.7. The summed E-state index contributed by atoms with van der Waals surface area (Å²) in [5, 5.41) is 4.32.